The Morgan fingerprint density at radius 2 is 2.16 bits per heavy atom. The maximum Gasteiger partial charge on any atom is 0.257 e. The van der Waals surface area contributed by atoms with Crippen LogP contribution >= 0.6 is 0 Å². The number of hydrogen-bond acceptors (Lipinski definition) is 7. The van der Waals surface area contributed by atoms with E-state index in [1.165, 1.54) is 5.57 Å². The Morgan fingerprint density at radius 1 is 1.32 bits per heavy atom. The summed E-state index contributed by atoms with van der Waals surface area (Å²) in [5, 5.41) is 26.8. The Balaban J connectivity index is 1.53. The minimum atomic E-state index is -0.370. The summed E-state index contributed by atoms with van der Waals surface area (Å²) in [7, 11) is 0. The maximum atomic E-state index is 9.59. The lowest BCUT2D eigenvalue weighted by Crippen LogP contribution is -2.34. The van der Waals surface area contributed by atoms with E-state index in [0.29, 0.717) is 41.1 Å². The average Bonchev–Trinajstić information content (AvgIpc) is 3.39. The van der Waals surface area contributed by atoms with E-state index in [1.54, 1.807) is 19.1 Å². The Bertz CT molecular complexity index is 1030. The molecule has 1 aromatic heterocycles. The fourth-order valence-corrected chi connectivity index (χ4v) is 4.38. The van der Waals surface area contributed by atoms with Crippen LogP contribution in [-0.2, 0) is 0 Å². The van der Waals surface area contributed by atoms with Crippen molar-refractivity contribution in [3.63, 3.8) is 0 Å². The fourth-order valence-electron chi connectivity index (χ4n) is 4.38. The highest BCUT2D eigenvalue weighted by molar-refractivity contribution is 5.60. The first-order valence-electron chi connectivity index (χ1n) is 10.8. The van der Waals surface area contributed by atoms with Crippen molar-refractivity contribution in [3.8, 4) is 23.3 Å². The molecule has 0 radical (unpaired) electrons. The van der Waals surface area contributed by atoms with Crippen LogP contribution < -0.4 is 10.1 Å². The van der Waals surface area contributed by atoms with Crippen LogP contribution in [-0.4, -0.2) is 40.0 Å². The van der Waals surface area contributed by atoms with Gasteiger partial charge >= 0.3 is 0 Å². The molecule has 1 fully saturated rings. The molecule has 2 aromatic rings. The quantitative estimate of drug-likeness (QED) is 0.703. The van der Waals surface area contributed by atoms with Gasteiger partial charge in [0.15, 0.2) is 5.82 Å². The summed E-state index contributed by atoms with van der Waals surface area (Å²) >= 11 is 0. The molecule has 0 spiro atoms. The molecule has 2 aliphatic carbocycles. The van der Waals surface area contributed by atoms with Gasteiger partial charge < -0.3 is 19.7 Å². The molecule has 7 heteroatoms. The van der Waals surface area contributed by atoms with Gasteiger partial charge in [0, 0.05) is 24.1 Å². The lowest BCUT2D eigenvalue weighted by atomic mass is 9.83. The van der Waals surface area contributed by atoms with E-state index in [2.05, 4.69) is 39.8 Å². The summed E-state index contributed by atoms with van der Waals surface area (Å²) in [5.41, 5.74) is 2.47. The molecule has 162 valence electrons. The van der Waals surface area contributed by atoms with Gasteiger partial charge in [-0.2, -0.15) is 10.2 Å². The Morgan fingerprint density at radius 3 is 2.90 bits per heavy atom. The Kier molecular flexibility index (Phi) is 6.21. The summed E-state index contributed by atoms with van der Waals surface area (Å²) in [5.74, 6) is 1.97. The standard InChI is InChI=1S/C24H28N4O3/c1-14(2)30-22-10-7-16(11-17(22)12-25)24-27-23(28-31-24)20-6-4-5-19-18(20)8-9-21(19)26-13-15(3)29/h4-7,10-11,14-15,18,20-21,26,29H,8-9,13H2,1-3H3/t15-,18?,20?,21?/m1/s1. The maximum absolute atomic E-state index is 9.59. The highest BCUT2D eigenvalue weighted by atomic mass is 16.5. The molecule has 31 heavy (non-hydrogen) atoms. The number of aliphatic hydroxyl groups is 1. The summed E-state index contributed by atoms with van der Waals surface area (Å²) in [4.78, 5) is 4.66. The van der Waals surface area contributed by atoms with Crippen LogP contribution in [0.15, 0.2) is 46.5 Å². The van der Waals surface area contributed by atoms with Gasteiger partial charge in [0.25, 0.3) is 5.89 Å². The molecule has 0 saturated heterocycles. The zero-order valence-electron chi connectivity index (χ0n) is 18.1. The second-order valence-electron chi connectivity index (χ2n) is 8.52. The zero-order valence-corrected chi connectivity index (χ0v) is 18.1. The second kappa shape index (κ2) is 9.04. The molecule has 3 unspecified atom stereocenters. The van der Waals surface area contributed by atoms with Gasteiger partial charge in [-0.1, -0.05) is 23.4 Å². The number of allylic oxidation sites excluding steroid dienone is 3. The SMILES string of the molecule is CC(C)Oc1ccc(-c2nc(C3C=CC=C4C(NC[C@@H](C)O)CCC43)no2)cc1C#N. The number of nitrogens with zero attached hydrogens (tertiary/aromatic N) is 3. The Hall–Kier alpha value is -2.95. The van der Waals surface area contributed by atoms with E-state index in [-0.39, 0.29) is 24.2 Å². The van der Waals surface area contributed by atoms with Crippen molar-refractivity contribution in [3.05, 3.63) is 53.4 Å². The number of nitriles is 1. The number of rotatable bonds is 7. The molecule has 4 atom stereocenters. The summed E-state index contributed by atoms with van der Waals surface area (Å²) < 4.78 is 11.3. The van der Waals surface area contributed by atoms with Crippen LogP contribution in [0.25, 0.3) is 11.5 Å². The molecule has 1 saturated carbocycles. The van der Waals surface area contributed by atoms with Crippen molar-refractivity contribution in [1.82, 2.24) is 15.5 Å². The van der Waals surface area contributed by atoms with E-state index in [9.17, 15) is 10.4 Å². The molecule has 7 nitrogen and oxygen atoms in total. The monoisotopic (exact) mass is 420 g/mol. The number of ether oxygens (including phenoxy) is 1. The fraction of sp³-hybridized carbons (Fsp3) is 0.458. The van der Waals surface area contributed by atoms with Crippen molar-refractivity contribution in [1.29, 1.82) is 5.26 Å². The molecule has 4 rings (SSSR count). The van der Waals surface area contributed by atoms with Gasteiger partial charge in [-0.3, -0.25) is 0 Å². The molecular formula is C24H28N4O3. The molecular weight excluding hydrogens is 392 g/mol. The Labute approximate surface area is 182 Å². The highest BCUT2D eigenvalue weighted by Crippen LogP contribution is 2.44. The van der Waals surface area contributed by atoms with Crippen LogP contribution in [0.2, 0.25) is 0 Å². The third kappa shape index (κ3) is 4.55. The topological polar surface area (TPSA) is 104 Å². The predicted octanol–water partition coefficient (Wildman–Crippen LogP) is 3.72. The van der Waals surface area contributed by atoms with E-state index in [4.69, 9.17) is 9.26 Å². The lowest BCUT2D eigenvalue weighted by Gasteiger charge is -2.25. The van der Waals surface area contributed by atoms with E-state index in [1.807, 2.05) is 19.9 Å². The van der Waals surface area contributed by atoms with E-state index in [0.717, 1.165) is 12.8 Å². The normalized spacial score (nSPS) is 23.4. The third-order valence-electron chi connectivity index (χ3n) is 5.75. The zero-order chi connectivity index (χ0) is 22.0. The van der Waals surface area contributed by atoms with Gasteiger partial charge in [0.05, 0.1) is 17.8 Å². The van der Waals surface area contributed by atoms with Crippen molar-refractivity contribution in [2.24, 2.45) is 5.92 Å². The first-order chi connectivity index (χ1) is 15.0. The number of aromatic nitrogens is 2. The van der Waals surface area contributed by atoms with Gasteiger partial charge in [0.1, 0.15) is 11.8 Å². The second-order valence-corrected chi connectivity index (χ2v) is 8.52. The third-order valence-corrected chi connectivity index (χ3v) is 5.75. The van der Waals surface area contributed by atoms with Crippen molar-refractivity contribution < 1.29 is 14.4 Å². The van der Waals surface area contributed by atoms with Crippen molar-refractivity contribution >= 4 is 0 Å². The van der Waals surface area contributed by atoms with Gasteiger partial charge in [-0.05, 0) is 63.3 Å². The van der Waals surface area contributed by atoms with Gasteiger partial charge in [-0.25, -0.2) is 0 Å². The summed E-state index contributed by atoms with van der Waals surface area (Å²) in [6.45, 7) is 6.21. The first kappa shape index (κ1) is 21.3. The highest BCUT2D eigenvalue weighted by Gasteiger charge is 2.38. The number of fused-ring (bicyclic) bond motifs is 1. The minimum absolute atomic E-state index is 0.0152. The molecule has 1 aromatic carbocycles. The lowest BCUT2D eigenvalue weighted by molar-refractivity contribution is 0.188. The number of aliphatic hydroxyl groups excluding tert-OH is 1. The van der Waals surface area contributed by atoms with E-state index >= 15 is 0 Å². The predicted molar refractivity (Wildman–Crippen MR) is 116 cm³/mol. The van der Waals surface area contributed by atoms with Crippen LogP contribution in [0.1, 0.15) is 50.9 Å². The number of hydrogen-bond donors (Lipinski definition) is 2. The van der Waals surface area contributed by atoms with Crippen LogP contribution in [0, 0.1) is 17.2 Å². The van der Waals surface area contributed by atoms with Crippen molar-refractivity contribution in [2.75, 3.05) is 6.54 Å². The molecule has 0 amide bonds. The number of nitrogens with one attached hydrogen (secondary N) is 1. The molecule has 0 bridgehead atoms. The smallest absolute Gasteiger partial charge is 0.257 e. The van der Waals surface area contributed by atoms with Crippen LogP contribution in [0.4, 0.5) is 0 Å². The molecule has 0 aliphatic heterocycles. The van der Waals surface area contributed by atoms with Crippen LogP contribution in [0.3, 0.4) is 0 Å². The summed E-state index contributed by atoms with van der Waals surface area (Å²) in [6, 6.07) is 7.78. The minimum Gasteiger partial charge on any atom is -0.490 e. The van der Waals surface area contributed by atoms with Gasteiger partial charge in [-0.15, -0.1) is 0 Å². The van der Waals surface area contributed by atoms with Crippen LogP contribution in [0.5, 0.6) is 5.75 Å². The average molecular weight is 421 g/mol. The molecule has 2 aliphatic rings. The largest absolute Gasteiger partial charge is 0.490 e. The van der Waals surface area contributed by atoms with Crippen molar-refractivity contribution in [2.45, 2.75) is 57.8 Å². The summed E-state index contributed by atoms with van der Waals surface area (Å²) in [6.07, 6.45) is 8.02. The number of benzene rings is 1. The molecule has 1 heterocycles. The van der Waals surface area contributed by atoms with E-state index < -0.39 is 0 Å². The van der Waals surface area contributed by atoms with Gasteiger partial charge in [0.2, 0.25) is 0 Å². The molecule has 2 N–H and O–H groups in total. The first-order valence-corrected chi connectivity index (χ1v) is 10.8.